The molecule has 2 aromatic carbocycles. The molecule has 2 aromatic rings. The molecular weight excluding hydrogens is 528 g/mol. The first-order valence-corrected chi connectivity index (χ1v) is 14.0. The Morgan fingerprint density at radius 3 is 2.22 bits per heavy atom. The smallest absolute Gasteiger partial charge is 0.182 e. The summed E-state index contributed by atoms with van der Waals surface area (Å²) in [6.45, 7) is 16.2. The maximum atomic E-state index is 13.8. The molecule has 1 saturated heterocycles. The van der Waals surface area contributed by atoms with Crippen molar-refractivity contribution in [2.75, 3.05) is 20.2 Å². The molecule has 0 amide bonds. The number of ketones is 1. The van der Waals surface area contributed by atoms with Crippen LogP contribution in [-0.4, -0.2) is 41.8 Å². The van der Waals surface area contributed by atoms with Crippen LogP contribution in [0.15, 0.2) is 40.4 Å². The van der Waals surface area contributed by atoms with Crippen molar-refractivity contribution in [3.05, 3.63) is 64.2 Å². The van der Waals surface area contributed by atoms with Crippen LogP contribution in [0.4, 0.5) is 0 Å². The quantitative estimate of drug-likeness (QED) is 0.333. The zero-order valence-corrected chi connectivity index (χ0v) is 25.3. The average molecular weight is 572 g/mol. The van der Waals surface area contributed by atoms with Crippen LogP contribution in [0.2, 0.25) is 0 Å². The van der Waals surface area contributed by atoms with Gasteiger partial charge in [0.1, 0.15) is 11.6 Å². The Balaban J connectivity index is 2.00. The molecule has 2 atom stereocenters. The number of phenolic OH excluding ortho intramolecular Hbond substituents is 1. The van der Waals surface area contributed by atoms with Crippen LogP contribution in [0, 0.1) is 5.92 Å². The van der Waals surface area contributed by atoms with Gasteiger partial charge in [0.2, 0.25) is 0 Å². The lowest BCUT2D eigenvalue weighted by molar-refractivity contribution is 0.0963. The van der Waals surface area contributed by atoms with E-state index >= 15 is 0 Å². The van der Waals surface area contributed by atoms with E-state index in [4.69, 9.17) is 4.74 Å². The SMILES string of the molecule is CCC[C@H]1CN(CC(=O)c2cc(C(C)(C)C)c(O)c(C(C)(C)C)c2)C(=NBr)[C@@H]1c1ccccc1COC. The molecule has 1 fully saturated rings. The maximum Gasteiger partial charge on any atom is 0.182 e. The maximum absolute atomic E-state index is 13.8. The van der Waals surface area contributed by atoms with Crippen molar-refractivity contribution in [1.82, 2.24) is 4.90 Å². The molecule has 1 heterocycles. The summed E-state index contributed by atoms with van der Waals surface area (Å²) in [7, 11) is 1.72. The van der Waals surface area contributed by atoms with Gasteiger partial charge in [-0.15, -0.1) is 0 Å². The second-order valence-corrected chi connectivity index (χ2v) is 12.7. The number of carbonyl (C=O) groups excluding carboxylic acids is 1. The number of benzene rings is 2. The fraction of sp³-hybridized carbons (Fsp3) is 0.548. The molecule has 6 heteroatoms. The molecule has 1 aliphatic rings. The van der Waals surface area contributed by atoms with Crippen LogP contribution < -0.4 is 0 Å². The van der Waals surface area contributed by atoms with Gasteiger partial charge < -0.3 is 14.7 Å². The molecule has 3 rings (SSSR count). The van der Waals surface area contributed by atoms with E-state index in [0.29, 0.717) is 23.8 Å². The number of carbonyl (C=O) groups is 1. The number of methoxy groups -OCH3 is 1. The lowest BCUT2D eigenvalue weighted by Gasteiger charge is -2.28. The molecule has 0 aliphatic carbocycles. The summed E-state index contributed by atoms with van der Waals surface area (Å²) in [5.41, 5.74) is 4.02. The number of nitrogens with zero attached hydrogens (tertiary/aromatic N) is 2. The monoisotopic (exact) mass is 570 g/mol. The Hall–Kier alpha value is -2.18. The van der Waals surface area contributed by atoms with Gasteiger partial charge in [0, 0.05) is 36.3 Å². The summed E-state index contributed by atoms with van der Waals surface area (Å²) < 4.78 is 10.0. The van der Waals surface area contributed by atoms with Crippen molar-refractivity contribution < 1.29 is 14.6 Å². The van der Waals surface area contributed by atoms with E-state index in [-0.39, 0.29) is 29.1 Å². The predicted octanol–water partition coefficient (Wildman–Crippen LogP) is 7.54. The van der Waals surface area contributed by atoms with Gasteiger partial charge in [0.25, 0.3) is 0 Å². The lowest BCUT2D eigenvalue weighted by atomic mass is 9.78. The normalized spacial score (nSPS) is 19.6. The Labute approximate surface area is 231 Å². The number of aromatic hydroxyl groups is 1. The number of halogens is 1. The molecule has 0 aromatic heterocycles. The van der Waals surface area contributed by atoms with Crippen LogP contribution >= 0.6 is 16.1 Å². The van der Waals surface area contributed by atoms with Crippen molar-refractivity contribution in [1.29, 1.82) is 0 Å². The Morgan fingerprint density at radius 1 is 1.11 bits per heavy atom. The number of hydrogen-bond acceptors (Lipinski definition) is 4. The minimum absolute atomic E-state index is 0.0331. The van der Waals surface area contributed by atoms with Gasteiger partial charge in [-0.25, -0.2) is 0 Å². The first-order chi connectivity index (χ1) is 17.3. The molecule has 0 unspecified atom stereocenters. The van der Waals surface area contributed by atoms with E-state index in [1.807, 2.05) is 18.2 Å². The van der Waals surface area contributed by atoms with Crippen molar-refractivity contribution in [3.8, 4) is 5.75 Å². The topological polar surface area (TPSA) is 62.1 Å². The third kappa shape index (κ3) is 6.46. The molecule has 0 saturated carbocycles. The average Bonchev–Trinajstić information content (AvgIpc) is 3.14. The van der Waals surface area contributed by atoms with Crippen molar-refractivity contribution in [2.24, 2.45) is 9.94 Å². The van der Waals surface area contributed by atoms with Crippen LogP contribution in [0.1, 0.15) is 99.8 Å². The molecule has 0 radical (unpaired) electrons. The molecule has 5 nitrogen and oxygen atoms in total. The first kappa shape index (κ1) is 29.4. The van der Waals surface area contributed by atoms with Crippen molar-refractivity contribution in [2.45, 2.75) is 84.7 Å². The number of rotatable bonds is 8. The predicted molar refractivity (Wildman–Crippen MR) is 156 cm³/mol. The largest absolute Gasteiger partial charge is 0.507 e. The standard InChI is InChI=1S/C31H43BrN2O3/c1-9-12-20-17-34(29(33-32)27(20)23-14-11-10-13-21(23)19-37-8)18-26(35)22-15-24(30(2,3)4)28(36)25(16-22)31(5,6)7/h10-11,13-16,20,27,36H,9,12,17-19H2,1-8H3/t20-,27-/m0/s1. The second kappa shape index (κ2) is 11.7. The minimum atomic E-state index is -0.293. The molecule has 0 spiro atoms. The van der Waals surface area contributed by atoms with Crippen LogP contribution in [-0.2, 0) is 22.2 Å². The number of phenols is 1. The van der Waals surface area contributed by atoms with Crippen molar-refractivity contribution in [3.63, 3.8) is 0 Å². The van der Waals surface area contributed by atoms with Crippen LogP contribution in [0.3, 0.4) is 0 Å². The zero-order valence-electron chi connectivity index (χ0n) is 23.7. The van der Waals surface area contributed by atoms with E-state index in [9.17, 15) is 9.90 Å². The number of amidine groups is 1. The highest BCUT2D eigenvalue weighted by atomic mass is 79.9. The fourth-order valence-electron chi connectivity index (χ4n) is 5.49. The number of ether oxygens (including phenoxy) is 1. The Morgan fingerprint density at radius 2 is 1.70 bits per heavy atom. The zero-order chi connectivity index (χ0) is 27.5. The van der Waals surface area contributed by atoms with E-state index in [1.54, 1.807) is 7.11 Å². The molecule has 202 valence electrons. The van der Waals surface area contributed by atoms with Gasteiger partial charge in [0.05, 0.1) is 29.3 Å². The van der Waals surface area contributed by atoms with E-state index in [1.165, 1.54) is 5.56 Å². The van der Waals surface area contributed by atoms with Gasteiger partial charge >= 0.3 is 0 Å². The number of likely N-dealkylation sites (tertiary alicyclic amines) is 1. The van der Waals surface area contributed by atoms with Crippen LogP contribution in [0.5, 0.6) is 5.75 Å². The molecular formula is C31H43BrN2O3. The highest BCUT2D eigenvalue weighted by molar-refractivity contribution is 9.08. The summed E-state index contributed by atoms with van der Waals surface area (Å²) in [6, 6.07) is 12.1. The van der Waals surface area contributed by atoms with Gasteiger partial charge in [-0.1, -0.05) is 79.2 Å². The summed E-state index contributed by atoms with van der Waals surface area (Å²) >= 11 is 3.40. The number of Topliss-reactive ketones (excluding diaryl/α,β-unsaturated/α-hetero) is 1. The summed E-state index contributed by atoms with van der Waals surface area (Å²) in [6.07, 6.45) is 2.11. The van der Waals surface area contributed by atoms with Crippen molar-refractivity contribution >= 4 is 27.8 Å². The van der Waals surface area contributed by atoms with E-state index < -0.39 is 0 Å². The van der Waals surface area contributed by atoms with Gasteiger partial charge in [0.15, 0.2) is 5.78 Å². The first-order valence-electron chi connectivity index (χ1n) is 13.2. The van der Waals surface area contributed by atoms with E-state index in [0.717, 1.165) is 41.9 Å². The van der Waals surface area contributed by atoms with Gasteiger partial charge in [-0.2, -0.15) is 4.02 Å². The number of hydrogen-bond donors (Lipinski definition) is 1. The third-order valence-corrected chi connectivity index (χ3v) is 7.71. The molecule has 0 bridgehead atoms. The van der Waals surface area contributed by atoms with Gasteiger partial charge in [-0.3, -0.25) is 4.79 Å². The van der Waals surface area contributed by atoms with Gasteiger partial charge in [-0.05, 0) is 46.4 Å². The molecule has 37 heavy (non-hydrogen) atoms. The Bertz CT molecular complexity index is 1110. The van der Waals surface area contributed by atoms with E-state index in [2.05, 4.69) is 91.7 Å². The second-order valence-electron chi connectivity index (χ2n) is 12.3. The van der Waals surface area contributed by atoms with Crippen LogP contribution in [0.25, 0.3) is 0 Å². The Kier molecular flexibility index (Phi) is 9.28. The summed E-state index contributed by atoms with van der Waals surface area (Å²) in [4.78, 5) is 15.9. The molecule has 1 aliphatic heterocycles. The highest BCUT2D eigenvalue weighted by Gasteiger charge is 2.40. The minimum Gasteiger partial charge on any atom is -0.507 e. The molecule has 1 N–H and O–H groups in total. The third-order valence-electron chi connectivity index (χ3n) is 7.35. The summed E-state index contributed by atoms with van der Waals surface area (Å²) in [5, 5.41) is 11.1. The fourth-order valence-corrected chi connectivity index (χ4v) is 5.94. The lowest BCUT2D eigenvalue weighted by Crippen LogP contribution is -2.33. The highest BCUT2D eigenvalue weighted by Crippen LogP contribution is 2.42. The summed E-state index contributed by atoms with van der Waals surface area (Å²) in [5.74, 6) is 1.65.